The molecular weight excluding hydrogens is 251 g/mol. The molecule has 19 heavy (non-hydrogen) atoms. The van der Waals surface area contributed by atoms with Gasteiger partial charge in [-0.25, -0.2) is 9.18 Å². The summed E-state index contributed by atoms with van der Waals surface area (Å²) in [7, 11) is 1.41. The predicted molar refractivity (Wildman–Crippen MR) is 67.0 cm³/mol. The van der Waals surface area contributed by atoms with Gasteiger partial charge >= 0.3 is 5.97 Å². The first-order valence-corrected chi connectivity index (χ1v) is 5.43. The Morgan fingerprint density at radius 1 is 1.16 bits per heavy atom. The molecule has 2 N–H and O–H groups in total. The van der Waals surface area contributed by atoms with E-state index in [4.69, 9.17) is 9.84 Å². The highest BCUT2D eigenvalue weighted by atomic mass is 19.1. The molecule has 0 aromatic heterocycles. The van der Waals surface area contributed by atoms with E-state index in [9.17, 15) is 14.3 Å². The van der Waals surface area contributed by atoms with Crippen LogP contribution in [-0.4, -0.2) is 23.3 Å². The van der Waals surface area contributed by atoms with Gasteiger partial charge in [0.15, 0.2) is 0 Å². The van der Waals surface area contributed by atoms with Crippen molar-refractivity contribution in [1.29, 1.82) is 0 Å². The Morgan fingerprint density at radius 2 is 1.89 bits per heavy atom. The summed E-state index contributed by atoms with van der Waals surface area (Å²) in [5.41, 5.74) is 0.527. The minimum Gasteiger partial charge on any atom is -0.507 e. The maximum Gasteiger partial charge on any atom is 0.335 e. The zero-order chi connectivity index (χ0) is 14.0. The number of hydrogen-bond donors (Lipinski definition) is 2. The fourth-order valence-corrected chi connectivity index (χ4v) is 1.78. The summed E-state index contributed by atoms with van der Waals surface area (Å²) in [6.45, 7) is 0. The molecule has 2 aromatic carbocycles. The number of carboxylic acid groups (broad SMARTS) is 1. The van der Waals surface area contributed by atoms with Crippen LogP contribution in [0.1, 0.15) is 10.4 Å². The van der Waals surface area contributed by atoms with E-state index in [1.165, 1.54) is 31.4 Å². The summed E-state index contributed by atoms with van der Waals surface area (Å²) >= 11 is 0. The van der Waals surface area contributed by atoms with Gasteiger partial charge in [-0.2, -0.15) is 0 Å². The van der Waals surface area contributed by atoms with Crippen LogP contribution in [0.3, 0.4) is 0 Å². The molecule has 0 aliphatic rings. The average molecular weight is 262 g/mol. The van der Waals surface area contributed by atoms with Crippen LogP contribution in [0.25, 0.3) is 11.1 Å². The third kappa shape index (κ3) is 2.49. The molecule has 0 fully saturated rings. The lowest BCUT2D eigenvalue weighted by Gasteiger charge is -2.11. The second-order valence-corrected chi connectivity index (χ2v) is 3.88. The summed E-state index contributed by atoms with van der Waals surface area (Å²) in [5, 5.41) is 18.7. The maximum absolute atomic E-state index is 13.3. The van der Waals surface area contributed by atoms with Crippen LogP contribution >= 0.6 is 0 Å². The lowest BCUT2D eigenvalue weighted by molar-refractivity contribution is 0.0697. The van der Waals surface area contributed by atoms with Gasteiger partial charge in [-0.3, -0.25) is 0 Å². The number of hydrogen-bond acceptors (Lipinski definition) is 3. The predicted octanol–water partition coefficient (Wildman–Crippen LogP) is 2.91. The SMILES string of the molecule is COc1ccc(C(=O)O)cc1-c1cc(F)ccc1O. The lowest BCUT2D eigenvalue weighted by atomic mass is 10.0. The first-order valence-electron chi connectivity index (χ1n) is 5.43. The molecule has 2 rings (SSSR count). The Morgan fingerprint density at radius 3 is 2.53 bits per heavy atom. The van der Waals surface area contributed by atoms with Crippen LogP contribution in [0.2, 0.25) is 0 Å². The number of aromatic hydroxyl groups is 1. The number of halogens is 1. The fraction of sp³-hybridized carbons (Fsp3) is 0.0714. The van der Waals surface area contributed by atoms with Gasteiger partial charge in [-0.15, -0.1) is 0 Å². The highest BCUT2D eigenvalue weighted by Gasteiger charge is 2.14. The van der Waals surface area contributed by atoms with E-state index in [0.717, 1.165) is 12.1 Å². The van der Waals surface area contributed by atoms with E-state index in [1.807, 2.05) is 0 Å². The van der Waals surface area contributed by atoms with Gasteiger partial charge in [-0.05, 0) is 36.4 Å². The minimum atomic E-state index is -1.11. The molecule has 4 nitrogen and oxygen atoms in total. The van der Waals surface area contributed by atoms with Crippen molar-refractivity contribution in [2.45, 2.75) is 0 Å². The number of benzene rings is 2. The van der Waals surface area contributed by atoms with Crippen molar-refractivity contribution in [3.8, 4) is 22.6 Å². The molecule has 0 saturated heterocycles. The average Bonchev–Trinajstić information content (AvgIpc) is 2.40. The van der Waals surface area contributed by atoms with Crippen LogP contribution < -0.4 is 4.74 Å². The molecular formula is C14H11FO4. The van der Waals surface area contributed by atoms with Crippen molar-refractivity contribution >= 4 is 5.97 Å². The van der Waals surface area contributed by atoms with Crippen molar-refractivity contribution in [2.24, 2.45) is 0 Å². The van der Waals surface area contributed by atoms with Gasteiger partial charge in [0.05, 0.1) is 12.7 Å². The quantitative estimate of drug-likeness (QED) is 0.892. The molecule has 0 atom stereocenters. The number of phenolic OH excluding ortho intramolecular Hbond substituents is 1. The zero-order valence-corrected chi connectivity index (χ0v) is 10.1. The molecule has 0 amide bonds. The lowest BCUT2D eigenvalue weighted by Crippen LogP contribution is -1.98. The van der Waals surface area contributed by atoms with E-state index < -0.39 is 11.8 Å². The molecule has 98 valence electrons. The Bertz CT molecular complexity index is 637. The number of phenols is 1. The van der Waals surface area contributed by atoms with Crippen molar-refractivity contribution in [3.63, 3.8) is 0 Å². The van der Waals surface area contributed by atoms with Crippen molar-refractivity contribution in [3.05, 3.63) is 47.8 Å². The highest BCUT2D eigenvalue weighted by molar-refractivity contribution is 5.91. The van der Waals surface area contributed by atoms with Gasteiger partial charge in [0.25, 0.3) is 0 Å². The topological polar surface area (TPSA) is 66.8 Å². The number of aromatic carboxylic acids is 1. The Kier molecular flexibility index (Phi) is 3.37. The third-order valence-corrected chi connectivity index (χ3v) is 2.70. The van der Waals surface area contributed by atoms with Gasteiger partial charge in [-0.1, -0.05) is 0 Å². The Balaban J connectivity index is 2.68. The molecule has 0 aliphatic heterocycles. The second-order valence-electron chi connectivity index (χ2n) is 3.88. The maximum atomic E-state index is 13.3. The summed E-state index contributed by atoms with van der Waals surface area (Å²) in [6.07, 6.45) is 0. The van der Waals surface area contributed by atoms with Crippen LogP contribution in [0, 0.1) is 5.82 Å². The Labute approximate surface area is 108 Å². The molecule has 0 heterocycles. The molecule has 0 radical (unpaired) electrons. The number of ether oxygens (including phenoxy) is 1. The number of carboxylic acids is 1. The van der Waals surface area contributed by atoms with Crippen LogP contribution in [0.4, 0.5) is 4.39 Å². The molecule has 2 aromatic rings. The normalized spacial score (nSPS) is 10.2. The second kappa shape index (κ2) is 4.97. The number of methoxy groups -OCH3 is 1. The number of rotatable bonds is 3. The molecule has 0 saturated carbocycles. The van der Waals surface area contributed by atoms with Gasteiger partial charge in [0.1, 0.15) is 17.3 Å². The first-order chi connectivity index (χ1) is 9.02. The first kappa shape index (κ1) is 12.9. The van der Waals surface area contributed by atoms with E-state index in [1.54, 1.807) is 0 Å². The highest BCUT2D eigenvalue weighted by Crippen LogP contribution is 2.36. The fourth-order valence-electron chi connectivity index (χ4n) is 1.78. The summed E-state index contributed by atoms with van der Waals surface area (Å²) < 4.78 is 18.4. The molecule has 0 unspecified atom stereocenters. The largest absolute Gasteiger partial charge is 0.507 e. The summed E-state index contributed by atoms with van der Waals surface area (Å²) in [4.78, 5) is 11.0. The van der Waals surface area contributed by atoms with Crippen molar-refractivity contribution in [1.82, 2.24) is 0 Å². The monoisotopic (exact) mass is 262 g/mol. The van der Waals surface area contributed by atoms with E-state index in [-0.39, 0.29) is 16.9 Å². The van der Waals surface area contributed by atoms with E-state index in [2.05, 4.69) is 0 Å². The van der Waals surface area contributed by atoms with Crippen LogP contribution in [0.5, 0.6) is 11.5 Å². The minimum absolute atomic E-state index is 0.0273. The third-order valence-electron chi connectivity index (χ3n) is 2.70. The zero-order valence-electron chi connectivity index (χ0n) is 10.1. The molecule has 0 aliphatic carbocycles. The van der Waals surface area contributed by atoms with Gasteiger partial charge in [0, 0.05) is 11.1 Å². The van der Waals surface area contributed by atoms with Crippen molar-refractivity contribution < 1.29 is 24.1 Å². The molecule has 5 heteroatoms. The molecule has 0 bridgehead atoms. The van der Waals surface area contributed by atoms with Crippen LogP contribution in [0.15, 0.2) is 36.4 Å². The smallest absolute Gasteiger partial charge is 0.335 e. The van der Waals surface area contributed by atoms with E-state index >= 15 is 0 Å². The van der Waals surface area contributed by atoms with Gasteiger partial charge in [0.2, 0.25) is 0 Å². The van der Waals surface area contributed by atoms with Crippen molar-refractivity contribution in [2.75, 3.05) is 7.11 Å². The Hall–Kier alpha value is -2.56. The standard InChI is InChI=1S/C14H11FO4/c1-19-13-5-2-8(14(17)18)6-11(13)10-7-9(15)3-4-12(10)16/h2-7,16H,1H3,(H,17,18). The van der Waals surface area contributed by atoms with Crippen LogP contribution in [-0.2, 0) is 0 Å². The van der Waals surface area contributed by atoms with E-state index in [0.29, 0.717) is 11.3 Å². The molecule has 0 spiro atoms. The van der Waals surface area contributed by atoms with Gasteiger partial charge < -0.3 is 14.9 Å². The summed E-state index contributed by atoms with van der Waals surface area (Å²) in [6, 6.07) is 7.61. The number of carbonyl (C=O) groups is 1. The summed E-state index contributed by atoms with van der Waals surface area (Å²) in [5.74, 6) is -1.44.